The molecule has 27 heavy (non-hydrogen) atoms. The molecule has 0 atom stereocenters. The summed E-state index contributed by atoms with van der Waals surface area (Å²) >= 11 is 0. The Kier molecular flexibility index (Phi) is 8.89. The first-order chi connectivity index (χ1) is 12.8. The average Bonchev–Trinajstić information content (AvgIpc) is 2.63. The van der Waals surface area contributed by atoms with E-state index in [9.17, 15) is 18.0 Å². The molecule has 0 spiro atoms. The van der Waals surface area contributed by atoms with Crippen LogP contribution >= 0.6 is 0 Å². The number of hydrazone groups is 1. The molecule has 0 saturated heterocycles. The Morgan fingerprint density at radius 3 is 2.07 bits per heavy atom. The fourth-order valence-electron chi connectivity index (χ4n) is 2.13. The molecule has 0 unspecified atom stereocenters. The van der Waals surface area contributed by atoms with Gasteiger partial charge in [-0.2, -0.15) is 9.41 Å². The van der Waals surface area contributed by atoms with E-state index in [4.69, 9.17) is 9.47 Å². The van der Waals surface area contributed by atoms with Crippen LogP contribution in [0.5, 0.6) is 0 Å². The zero-order valence-corrected chi connectivity index (χ0v) is 16.7. The minimum atomic E-state index is -3.65. The quantitative estimate of drug-likeness (QED) is 0.275. The van der Waals surface area contributed by atoms with Gasteiger partial charge in [-0.1, -0.05) is 19.9 Å². The Balaban J connectivity index is 3.14. The van der Waals surface area contributed by atoms with Crippen LogP contribution < -0.4 is 5.43 Å². The van der Waals surface area contributed by atoms with Crippen molar-refractivity contribution in [3.63, 3.8) is 0 Å². The van der Waals surface area contributed by atoms with Crippen molar-refractivity contribution in [1.82, 2.24) is 4.31 Å². The van der Waals surface area contributed by atoms with Crippen molar-refractivity contribution in [2.75, 3.05) is 31.7 Å². The number of esters is 2. The van der Waals surface area contributed by atoms with Crippen molar-refractivity contribution < 1.29 is 27.5 Å². The lowest BCUT2D eigenvalue weighted by Crippen LogP contribution is -2.30. The van der Waals surface area contributed by atoms with Gasteiger partial charge in [0.05, 0.1) is 23.8 Å². The van der Waals surface area contributed by atoms with Gasteiger partial charge in [0.25, 0.3) is 5.71 Å². The van der Waals surface area contributed by atoms with E-state index in [1.165, 1.54) is 22.5 Å². The molecule has 10 heteroatoms. The summed E-state index contributed by atoms with van der Waals surface area (Å²) in [5.74, 6) is -1.87. The van der Waals surface area contributed by atoms with Crippen molar-refractivity contribution in [3.05, 3.63) is 24.3 Å². The predicted octanol–water partition coefficient (Wildman–Crippen LogP) is 1.61. The van der Waals surface area contributed by atoms with Gasteiger partial charge in [0.2, 0.25) is 10.0 Å². The highest BCUT2D eigenvalue weighted by atomic mass is 32.2. The van der Waals surface area contributed by atoms with E-state index in [-0.39, 0.29) is 23.8 Å². The smallest absolute Gasteiger partial charge is 0.366 e. The molecule has 0 fully saturated rings. The molecule has 1 rings (SSSR count). The number of carbonyl (C=O) groups is 2. The summed E-state index contributed by atoms with van der Waals surface area (Å²) in [6.45, 7) is 7.49. The molecule has 1 aromatic carbocycles. The molecule has 0 aliphatic heterocycles. The van der Waals surface area contributed by atoms with Crippen LogP contribution in [0.2, 0.25) is 0 Å². The van der Waals surface area contributed by atoms with Crippen LogP contribution in [-0.2, 0) is 29.1 Å². The molecular formula is C17H25N3O6S. The molecular weight excluding hydrogens is 374 g/mol. The maximum absolute atomic E-state index is 12.6. The fraction of sp³-hybridized carbons (Fsp3) is 0.471. The number of nitrogens with zero attached hydrogens (tertiary/aromatic N) is 2. The van der Waals surface area contributed by atoms with Gasteiger partial charge >= 0.3 is 11.9 Å². The summed E-state index contributed by atoms with van der Waals surface area (Å²) in [5.41, 5.74) is 2.24. The molecule has 150 valence electrons. The molecule has 0 saturated carbocycles. The highest BCUT2D eigenvalue weighted by Gasteiger charge is 2.24. The summed E-state index contributed by atoms with van der Waals surface area (Å²) < 4.78 is 36.1. The Labute approximate surface area is 159 Å². The van der Waals surface area contributed by atoms with Crippen molar-refractivity contribution in [3.8, 4) is 0 Å². The van der Waals surface area contributed by atoms with Gasteiger partial charge in [-0.15, -0.1) is 0 Å². The van der Waals surface area contributed by atoms with Crippen molar-refractivity contribution in [2.24, 2.45) is 5.10 Å². The average molecular weight is 399 g/mol. The van der Waals surface area contributed by atoms with Gasteiger partial charge in [-0.05, 0) is 32.0 Å². The summed E-state index contributed by atoms with van der Waals surface area (Å²) in [7, 11) is -3.65. The largest absolute Gasteiger partial charge is 0.461 e. The highest BCUT2D eigenvalue weighted by molar-refractivity contribution is 7.89. The maximum atomic E-state index is 12.6. The van der Waals surface area contributed by atoms with E-state index in [0.29, 0.717) is 13.1 Å². The molecule has 0 aromatic heterocycles. The SMILES string of the molecule is CCOC(=O)C(=NNc1cccc(S(=O)(=O)N(CC)CC)c1)C(=O)OCC. The molecule has 0 aliphatic carbocycles. The van der Waals surface area contributed by atoms with Crippen LogP contribution in [0.1, 0.15) is 27.7 Å². The molecule has 9 nitrogen and oxygen atoms in total. The second kappa shape index (κ2) is 10.6. The van der Waals surface area contributed by atoms with Gasteiger partial charge in [0.1, 0.15) is 0 Å². The first kappa shape index (κ1) is 22.6. The number of benzene rings is 1. The predicted molar refractivity (Wildman–Crippen MR) is 101 cm³/mol. The molecule has 0 heterocycles. The van der Waals surface area contributed by atoms with Gasteiger partial charge in [-0.3, -0.25) is 5.43 Å². The van der Waals surface area contributed by atoms with Gasteiger partial charge in [0, 0.05) is 13.1 Å². The van der Waals surface area contributed by atoms with E-state index in [1.807, 2.05) is 0 Å². The van der Waals surface area contributed by atoms with Crippen molar-refractivity contribution in [2.45, 2.75) is 32.6 Å². The molecule has 0 amide bonds. The number of carbonyl (C=O) groups excluding carboxylic acids is 2. The minimum Gasteiger partial charge on any atom is -0.461 e. The number of hydrogen-bond acceptors (Lipinski definition) is 8. The maximum Gasteiger partial charge on any atom is 0.366 e. The number of hydrogen-bond donors (Lipinski definition) is 1. The fourth-order valence-corrected chi connectivity index (χ4v) is 3.64. The molecule has 0 bridgehead atoms. The lowest BCUT2D eigenvalue weighted by molar-refractivity contribution is -0.140. The lowest BCUT2D eigenvalue weighted by Gasteiger charge is -2.18. The summed E-state index contributed by atoms with van der Waals surface area (Å²) in [6.07, 6.45) is 0. The molecule has 0 aliphatic rings. The van der Waals surface area contributed by atoms with Crippen LogP contribution in [-0.4, -0.2) is 56.7 Å². The van der Waals surface area contributed by atoms with Crippen LogP contribution in [0.15, 0.2) is 34.3 Å². The monoisotopic (exact) mass is 399 g/mol. The zero-order valence-electron chi connectivity index (χ0n) is 15.9. The highest BCUT2D eigenvalue weighted by Crippen LogP contribution is 2.19. The second-order valence-electron chi connectivity index (χ2n) is 5.13. The van der Waals surface area contributed by atoms with E-state index < -0.39 is 27.7 Å². The number of rotatable bonds is 10. The first-order valence-corrected chi connectivity index (χ1v) is 10.0. The number of anilines is 1. The van der Waals surface area contributed by atoms with E-state index in [1.54, 1.807) is 33.8 Å². The summed E-state index contributed by atoms with van der Waals surface area (Å²) in [4.78, 5) is 23.8. The topological polar surface area (TPSA) is 114 Å². The van der Waals surface area contributed by atoms with Crippen LogP contribution in [0.3, 0.4) is 0 Å². The number of nitrogens with one attached hydrogen (secondary N) is 1. The Morgan fingerprint density at radius 2 is 1.59 bits per heavy atom. The Morgan fingerprint density at radius 1 is 1.04 bits per heavy atom. The third-order valence-electron chi connectivity index (χ3n) is 3.41. The third-order valence-corrected chi connectivity index (χ3v) is 5.46. The first-order valence-electron chi connectivity index (χ1n) is 8.59. The molecule has 0 radical (unpaired) electrons. The van der Waals surface area contributed by atoms with Gasteiger partial charge in [-0.25, -0.2) is 18.0 Å². The number of sulfonamides is 1. The van der Waals surface area contributed by atoms with E-state index in [0.717, 1.165) is 0 Å². The van der Waals surface area contributed by atoms with Crippen LogP contribution in [0.4, 0.5) is 5.69 Å². The summed E-state index contributed by atoms with van der Waals surface area (Å²) in [5, 5.41) is 3.75. The molecule has 1 N–H and O–H groups in total. The lowest BCUT2D eigenvalue weighted by atomic mass is 10.3. The standard InChI is InChI=1S/C17H25N3O6S/c1-5-20(6-2)27(23,24)14-11-9-10-13(12-14)18-19-15(16(21)25-7-3)17(22)26-8-4/h9-12,18H,5-8H2,1-4H3. The van der Waals surface area contributed by atoms with Gasteiger partial charge in [0.15, 0.2) is 0 Å². The third kappa shape index (κ3) is 6.04. The minimum absolute atomic E-state index is 0.0643. The number of ether oxygens (including phenoxy) is 2. The van der Waals surface area contributed by atoms with E-state index >= 15 is 0 Å². The van der Waals surface area contributed by atoms with Crippen LogP contribution in [0, 0.1) is 0 Å². The van der Waals surface area contributed by atoms with Gasteiger partial charge < -0.3 is 9.47 Å². The normalized spacial score (nSPS) is 11.0. The van der Waals surface area contributed by atoms with Crippen molar-refractivity contribution >= 4 is 33.4 Å². The van der Waals surface area contributed by atoms with Crippen LogP contribution in [0.25, 0.3) is 0 Å². The molecule has 1 aromatic rings. The van der Waals surface area contributed by atoms with Crippen molar-refractivity contribution in [1.29, 1.82) is 0 Å². The zero-order chi connectivity index (χ0) is 20.4. The summed E-state index contributed by atoms with van der Waals surface area (Å²) in [6, 6.07) is 5.91. The second-order valence-corrected chi connectivity index (χ2v) is 7.07. The Hall–Kier alpha value is -2.46. The van der Waals surface area contributed by atoms with E-state index in [2.05, 4.69) is 10.5 Å². The Bertz CT molecular complexity index is 768.